The molecule has 10 heteroatoms. The molecule has 6 atom stereocenters. The Bertz CT molecular complexity index is 1570. The smallest absolute Gasteiger partial charge is 0.257 e. The number of phenols is 4. The van der Waals surface area contributed by atoms with E-state index in [1.165, 1.54) is 48.5 Å². The lowest BCUT2D eigenvalue weighted by molar-refractivity contribution is -0.296. The molecule has 0 aromatic heterocycles. The maximum Gasteiger partial charge on any atom is 0.257 e. The van der Waals surface area contributed by atoms with E-state index in [1.807, 2.05) is 0 Å². The van der Waals surface area contributed by atoms with Crippen LogP contribution in [-0.4, -0.2) is 42.2 Å². The molecule has 0 spiro atoms. The molecule has 0 bridgehead atoms. The van der Waals surface area contributed by atoms with Gasteiger partial charge in [-0.05, 0) is 35.4 Å². The van der Waals surface area contributed by atoms with Crippen LogP contribution in [0.5, 0.6) is 46.0 Å². The molecule has 10 nitrogen and oxygen atoms in total. The first-order chi connectivity index (χ1) is 19.2. The van der Waals surface area contributed by atoms with E-state index in [0.717, 1.165) is 0 Å². The molecule has 6 N–H and O–H groups in total. The Labute approximate surface area is 226 Å². The van der Waals surface area contributed by atoms with Crippen molar-refractivity contribution in [3.63, 3.8) is 0 Å². The first-order valence-corrected chi connectivity index (χ1v) is 12.6. The van der Waals surface area contributed by atoms with Gasteiger partial charge >= 0.3 is 0 Å². The van der Waals surface area contributed by atoms with Gasteiger partial charge < -0.3 is 49.6 Å². The van der Waals surface area contributed by atoms with E-state index < -0.39 is 35.6 Å². The monoisotopic (exact) mass is 542 g/mol. The van der Waals surface area contributed by atoms with E-state index in [9.17, 15) is 30.6 Å². The number of hydrogen-bond acceptors (Lipinski definition) is 10. The molecule has 0 fully saturated rings. The van der Waals surface area contributed by atoms with Crippen LogP contribution in [-0.2, 0) is 0 Å². The van der Waals surface area contributed by atoms with Gasteiger partial charge in [-0.25, -0.2) is 0 Å². The van der Waals surface area contributed by atoms with E-state index in [-0.39, 0.29) is 46.0 Å². The van der Waals surface area contributed by atoms with Crippen molar-refractivity contribution >= 4 is 0 Å². The first kappa shape index (κ1) is 23.1. The van der Waals surface area contributed by atoms with Crippen molar-refractivity contribution in [2.45, 2.75) is 35.6 Å². The third-order valence-corrected chi connectivity index (χ3v) is 8.20. The van der Waals surface area contributed by atoms with Crippen LogP contribution in [0.3, 0.4) is 0 Å². The molecule has 0 saturated heterocycles. The quantitative estimate of drug-likeness (QED) is 0.220. The van der Waals surface area contributed by atoms with Gasteiger partial charge in [0.25, 0.3) is 11.6 Å². The standard InChI is InChI=1S/C30H22O10/c31-15-5-1-13(2-6-15)27-29(35)25-23-19(37-27)9-17(33)12-22(23)40-30(36)26(25)24-20(10-18(34)11-21(24)39-29)38-28(30)14-3-7-16(32)8-4-14/h1-12,25-28,31-36H/t25-,26-,27+,28+,29+,30+/m0/s1. The van der Waals surface area contributed by atoms with Crippen LogP contribution in [0.25, 0.3) is 0 Å². The molecule has 4 aromatic rings. The molecule has 202 valence electrons. The zero-order chi connectivity index (χ0) is 27.6. The Kier molecular flexibility index (Phi) is 4.30. The normalized spacial score (nSPS) is 30.1. The van der Waals surface area contributed by atoms with Gasteiger partial charge in [-0.15, -0.1) is 0 Å². The van der Waals surface area contributed by atoms with Crippen LogP contribution in [0.15, 0.2) is 72.8 Å². The lowest BCUT2D eigenvalue weighted by Gasteiger charge is -2.59. The topological polar surface area (TPSA) is 158 Å². The highest BCUT2D eigenvalue weighted by atomic mass is 16.7. The minimum absolute atomic E-state index is 0.0120. The second-order valence-electron chi connectivity index (χ2n) is 10.6. The molecule has 8 rings (SSSR count). The number of benzene rings is 4. The number of aromatic hydroxyl groups is 4. The van der Waals surface area contributed by atoms with E-state index in [1.54, 1.807) is 24.3 Å². The van der Waals surface area contributed by atoms with Gasteiger partial charge in [0.15, 0.2) is 12.2 Å². The Morgan fingerprint density at radius 1 is 0.475 bits per heavy atom. The minimum atomic E-state index is -2.15. The molecule has 40 heavy (non-hydrogen) atoms. The molecule has 0 amide bonds. The molecular formula is C30H22O10. The summed E-state index contributed by atoms with van der Waals surface area (Å²) < 4.78 is 25.1. The van der Waals surface area contributed by atoms with Crippen molar-refractivity contribution in [3.05, 3.63) is 95.1 Å². The SMILES string of the molecule is Oc1ccc([C@H]2Oc3cc(O)cc4c3[C@H]3[C@@H]5c6c(cc(O)cc6O[C@@]23O)O[C@H](c2ccc(O)cc2)[C@]5(O)O4)cc1. The maximum absolute atomic E-state index is 12.5. The summed E-state index contributed by atoms with van der Waals surface area (Å²) in [5.41, 5.74) is 1.69. The molecular weight excluding hydrogens is 520 g/mol. The van der Waals surface area contributed by atoms with Gasteiger partial charge in [0.1, 0.15) is 46.0 Å². The van der Waals surface area contributed by atoms with E-state index in [0.29, 0.717) is 22.3 Å². The van der Waals surface area contributed by atoms with E-state index >= 15 is 0 Å². The maximum atomic E-state index is 12.5. The van der Waals surface area contributed by atoms with Crippen molar-refractivity contribution < 1.29 is 49.6 Å². The summed E-state index contributed by atoms with van der Waals surface area (Å²) in [5.74, 6) is -6.04. The summed E-state index contributed by atoms with van der Waals surface area (Å²) in [4.78, 5) is 0. The molecule has 4 aliphatic heterocycles. The van der Waals surface area contributed by atoms with Gasteiger partial charge in [0.05, 0.1) is 11.8 Å². The van der Waals surface area contributed by atoms with Crippen molar-refractivity contribution in [1.29, 1.82) is 0 Å². The fourth-order valence-corrected chi connectivity index (χ4v) is 6.62. The van der Waals surface area contributed by atoms with Crippen molar-refractivity contribution in [3.8, 4) is 46.0 Å². The van der Waals surface area contributed by atoms with Crippen LogP contribution in [0, 0.1) is 0 Å². The second kappa shape index (κ2) is 7.44. The van der Waals surface area contributed by atoms with Gasteiger partial charge in [0, 0.05) is 35.4 Å². The third-order valence-electron chi connectivity index (χ3n) is 8.20. The number of rotatable bonds is 2. The average Bonchev–Trinajstić information content (AvgIpc) is 2.90. The number of ether oxygens (including phenoxy) is 4. The lowest BCUT2D eigenvalue weighted by atomic mass is 9.62. The molecule has 0 radical (unpaired) electrons. The van der Waals surface area contributed by atoms with E-state index in [2.05, 4.69) is 0 Å². The van der Waals surface area contributed by atoms with E-state index in [4.69, 9.17) is 18.9 Å². The van der Waals surface area contributed by atoms with Crippen molar-refractivity contribution in [1.82, 2.24) is 0 Å². The second-order valence-corrected chi connectivity index (χ2v) is 10.6. The summed E-state index contributed by atoms with van der Waals surface area (Å²) in [5, 5.41) is 65.9. The Hall–Kier alpha value is -4.80. The number of aliphatic hydroxyl groups is 2. The largest absolute Gasteiger partial charge is 0.508 e. The Balaban J connectivity index is 1.43. The molecule has 0 aliphatic carbocycles. The van der Waals surface area contributed by atoms with Crippen LogP contribution in [0.1, 0.15) is 46.3 Å². The summed E-state index contributed by atoms with van der Waals surface area (Å²) in [6.07, 6.45) is -2.37. The minimum Gasteiger partial charge on any atom is -0.508 e. The lowest BCUT2D eigenvalue weighted by Crippen LogP contribution is -2.65. The van der Waals surface area contributed by atoms with Crippen LogP contribution >= 0.6 is 0 Å². The molecule has 4 heterocycles. The highest BCUT2D eigenvalue weighted by Gasteiger charge is 2.71. The van der Waals surface area contributed by atoms with Crippen molar-refractivity contribution in [2.24, 2.45) is 0 Å². The first-order valence-electron chi connectivity index (χ1n) is 12.6. The zero-order valence-corrected chi connectivity index (χ0v) is 20.6. The van der Waals surface area contributed by atoms with Crippen LogP contribution < -0.4 is 18.9 Å². The predicted octanol–water partition coefficient (Wildman–Crippen LogP) is 3.81. The van der Waals surface area contributed by atoms with Gasteiger partial charge in [-0.3, -0.25) is 0 Å². The van der Waals surface area contributed by atoms with Gasteiger partial charge in [-0.2, -0.15) is 0 Å². The average molecular weight is 542 g/mol. The summed E-state index contributed by atoms with van der Waals surface area (Å²) in [6.45, 7) is 0. The Morgan fingerprint density at radius 3 is 1.20 bits per heavy atom. The highest BCUT2D eigenvalue weighted by molar-refractivity contribution is 5.65. The Morgan fingerprint density at radius 2 is 0.825 bits per heavy atom. The molecule has 0 saturated carbocycles. The van der Waals surface area contributed by atoms with Gasteiger partial charge in [0.2, 0.25) is 0 Å². The van der Waals surface area contributed by atoms with Gasteiger partial charge in [-0.1, -0.05) is 24.3 Å². The molecule has 4 aliphatic rings. The predicted molar refractivity (Wildman–Crippen MR) is 136 cm³/mol. The van der Waals surface area contributed by atoms with Crippen LogP contribution in [0.2, 0.25) is 0 Å². The zero-order valence-electron chi connectivity index (χ0n) is 20.6. The fraction of sp³-hybridized carbons (Fsp3) is 0.200. The summed E-state index contributed by atoms with van der Waals surface area (Å²) in [6, 6.07) is 17.6. The van der Waals surface area contributed by atoms with Crippen LogP contribution in [0.4, 0.5) is 0 Å². The van der Waals surface area contributed by atoms with Crippen molar-refractivity contribution in [2.75, 3.05) is 0 Å². The highest BCUT2D eigenvalue weighted by Crippen LogP contribution is 2.70. The number of hydrogen-bond donors (Lipinski definition) is 6. The number of phenolic OH excluding ortho intramolecular Hbond substituents is 4. The summed E-state index contributed by atoms with van der Waals surface area (Å²) >= 11 is 0. The molecule has 0 unspecified atom stereocenters. The third kappa shape index (κ3) is 2.89. The molecule has 4 aromatic carbocycles. The summed E-state index contributed by atoms with van der Waals surface area (Å²) in [7, 11) is 0. The fourth-order valence-electron chi connectivity index (χ4n) is 6.62.